The van der Waals surface area contributed by atoms with Gasteiger partial charge in [0.05, 0.1) is 12.3 Å². The van der Waals surface area contributed by atoms with E-state index in [1.165, 1.54) is 29.7 Å². The number of aliphatic hydroxyl groups is 2. The van der Waals surface area contributed by atoms with Crippen molar-refractivity contribution in [3.8, 4) is 6.07 Å². The monoisotopic (exact) mass is 522 g/mol. The second-order valence-corrected chi connectivity index (χ2v) is 12.0. The minimum absolute atomic E-state index is 0.0211. The van der Waals surface area contributed by atoms with E-state index in [4.69, 9.17) is 5.11 Å². The fourth-order valence-electron chi connectivity index (χ4n) is 7.24. The molecular weight excluding hydrogens is 484 g/mol. The molecule has 198 valence electrons. The summed E-state index contributed by atoms with van der Waals surface area (Å²) in [4.78, 5) is 10.3. The van der Waals surface area contributed by atoms with Crippen molar-refractivity contribution in [2.75, 3.05) is 36.6 Å². The molecule has 2 aromatic rings. The van der Waals surface area contributed by atoms with E-state index < -0.39 is 6.10 Å². The molecule has 0 aliphatic heterocycles. The smallest absolute Gasteiger partial charge is 0.224 e. The van der Waals surface area contributed by atoms with Crippen molar-refractivity contribution in [1.29, 1.82) is 5.26 Å². The number of anilines is 2. The van der Waals surface area contributed by atoms with Gasteiger partial charge in [-0.1, -0.05) is 18.2 Å². The Bertz CT molecular complexity index is 1110. The first-order valence-electron chi connectivity index (χ1n) is 13.4. The summed E-state index contributed by atoms with van der Waals surface area (Å²) in [5, 5.41) is 39.4. The lowest BCUT2D eigenvalue weighted by Crippen LogP contribution is -2.60. The van der Waals surface area contributed by atoms with Crippen LogP contribution in [0.5, 0.6) is 0 Å². The first kappa shape index (κ1) is 26.2. The largest absolute Gasteiger partial charge is 0.396 e. The van der Waals surface area contributed by atoms with Crippen LogP contribution in [0.25, 0.3) is 0 Å². The zero-order chi connectivity index (χ0) is 25.8. The van der Waals surface area contributed by atoms with Crippen LogP contribution in [-0.4, -0.2) is 58.3 Å². The molecule has 2 unspecified atom stereocenters. The van der Waals surface area contributed by atoms with Gasteiger partial charge in [0.2, 0.25) is 5.95 Å². The van der Waals surface area contributed by atoms with Gasteiger partial charge < -0.3 is 26.2 Å². The van der Waals surface area contributed by atoms with Gasteiger partial charge in [-0.3, -0.25) is 0 Å². The van der Waals surface area contributed by atoms with Crippen LogP contribution in [0.15, 0.2) is 35.4 Å². The second-order valence-electron chi connectivity index (χ2n) is 11.2. The van der Waals surface area contributed by atoms with E-state index in [-0.39, 0.29) is 12.0 Å². The minimum Gasteiger partial charge on any atom is -0.396 e. The predicted octanol–water partition coefficient (Wildman–Crippen LogP) is 3.62. The standard InChI is InChI=1S/C28H38N6O2S/c1-37-24-5-3-2-4-19(24)14-31-27-32-15-22(13-29)26(34-27)33-17-28-10-18-8-20(11-28)25(21(9-18)12-28)30-16-23(36)6-7-35/h2-5,15,18,20-21,23,25,30,35-36H,6-12,14,16-17H2,1H3,(H2,31,32,33,34)/t18?,20-,21+,23?,25-,28-. The van der Waals surface area contributed by atoms with Crippen LogP contribution in [0.3, 0.4) is 0 Å². The number of benzene rings is 1. The topological polar surface area (TPSA) is 126 Å². The Kier molecular flexibility index (Phi) is 8.20. The van der Waals surface area contributed by atoms with Crippen LogP contribution in [0.1, 0.15) is 49.7 Å². The van der Waals surface area contributed by atoms with Crippen LogP contribution in [0.2, 0.25) is 0 Å². The van der Waals surface area contributed by atoms with Crippen molar-refractivity contribution in [2.45, 2.75) is 62.1 Å². The molecule has 37 heavy (non-hydrogen) atoms. The lowest BCUT2D eigenvalue weighted by molar-refractivity contribution is -0.0714. The normalized spacial score (nSPS) is 28.6. The summed E-state index contributed by atoms with van der Waals surface area (Å²) in [6.07, 6.45) is 9.68. The van der Waals surface area contributed by atoms with Crippen molar-refractivity contribution < 1.29 is 10.2 Å². The number of rotatable bonds is 12. The molecule has 4 bridgehead atoms. The summed E-state index contributed by atoms with van der Waals surface area (Å²) in [7, 11) is 0. The highest BCUT2D eigenvalue weighted by Gasteiger charge is 2.55. The third kappa shape index (κ3) is 5.88. The molecule has 4 saturated carbocycles. The number of nitrogens with one attached hydrogen (secondary N) is 3. The molecule has 9 heteroatoms. The fraction of sp³-hybridized carbons (Fsp3) is 0.607. The summed E-state index contributed by atoms with van der Waals surface area (Å²) < 4.78 is 0. The van der Waals surface area contributed by atoms with E-state index in [1.807, 2.05) is 12.1 Å². The van der Waals surface area contributed by atoms with Crippen molar-refractivity contribution in [3.05, 3.63) is 41.6 Å². The van der Waals surface area contributed by atoms with E-state index in [9.17, 15) is 10.4 Å². The minimum atomic E-state index is -0.489. The fourth-order valence-corrected chi connectivity index (χ4v) is 7.86. The molecule has 1 aromatic heterocycles. The van der Waals surface area contributed by atoms with Gasteiger partial charge >= 0.3 is 0 Å². The van der Waals surface area contributed by atoms with E-state index in [0.29, 0.717) is 54.7 Å². The van der Waals surface area contributed by atoms with Crippen molar-refractivity contribution in [2.24, 2.45) is 23.2 Å². The van der Waals surface area contributed by atoms with Gasteiger partial charge in [0.1, 0.15) is 17.5 Å². The Labute approximate surface area is 223 Å². The molecule has 0 amide bonds. The number of nitriles is 1. The van der Waals surface area contributed by atoms with Crippen LogP contribution in [0, 0.1) is 34.5 Å². The Morgan fingerprint density at radius 2 is 1.97 bits per heavy atom. The highest BCUT2D eigenvalue weighted by atomic mass is 32.2. The van der Waals surface area contributed by atoms with E-state index >= 15 is 0 Å². The number of aromatic nitrogens is 2. The molecular formula is C28H38N6O2S. The average Bonchev–Trinajstić information content (AvgIpc) is 2.90. The summed E-state index contributed by atoms with van der Waals surface area (Å²) in [5.41, 5.74) is 1.89. The van der Waals surface area contributed by atoms with Crippen LogP contribution in [0.4, 0.5) is 11.8 Å². The molecule has 0 spiro atoms. The zero-order valence-corrected chi connectivity index (χ0v) is 22.3. The molecule has 4 aliphatic carbocycles. The summed E-state index contributed by atoms with van der Waals surface area (Å²) in [5.74, 6) is 3.12. The number of hydrogen-bond acceptors (Lipinski definition) is 9. The lowest BCUT2D eigenvalue weighted by Gasteiger charge is -2.60. The zero-order valence-electron chi connectivity index (χ0n) is 21.5. The molecule has 6 atom stereocenters. The molecule has 4 fully saturated rings. The second kappa shape index (κ2) is 11.6. The predicted molar refractivity (Wildman–Crippen MR) is 146 cm³/mol. The molecule has 5 N–H and O–H groups in total. The summed E-state index contributed by atoms with van der Waals surface area (Å²) in [6.45, 7) is 2.01. The van der Waals surface area contributed by atoms with Crippen molar-refractivity contribution in [3.63, 3.8) is 0 Å². The third-order valence-electron chi connectivity index (χ3n) is 8.62. The van der Waals surface area contributed by atoms with Crippen molar-refractivity contribution in [1.82, 2.24) is 15.3 Å². The maximum absolute atomic E-state index is 10.1. The Balaban J connectivity index is 1.23. The van der Waals surface area contributed by atoms with Gasteiger partial charge in [-0.15, -0.1) is 11.8 Å². The number of aliphatic hydroxyl groups excluding tert-OH is 2. The highest BCUT2D eigenvalue weighted by molar-refractivity contribution is 7.98. The quantitative estimate of drug-likeness (QED) is 0.266. The van der Waals surface area contributed by atoms with Gasteiger partial charge in [-0.25, -0.2) is 4.98 Å². The van der Waals surface area contributed by atoms with Crippen LogP contribution < -0.4 is 16.0 Å². The van der Waals surface area contributed by atoms with Gasteiger partial charge in [-0.2, -0.15) is 10.2 Å². The van der Waals surface area contributed by atoms with Gasteiger partial charge in [0.25, 0.3) is 0 Å². The number of thioether (sulfide) groups is 1. The Morgan fingerprint density at radius 3 is 2.70 bits per heavy atom. The molecule has 0 saturated heterocycles. The Hall–Kier alpha value is -2.38. The Morgan fingerprint density at radius 1 is 1.19 bits per heavy atom. The number of nitrogens with zero attached hydrogens (tertiary/aromatic N) is 3. The molecule has 1 aromatic carbocycles. The maximum atomic E-state index is 10.1. The molecule has 4 aliphatic rings. The number of hydrogen-bond donors (Lipinski definition) is 5. The highest BCUT2D eigenvalue weighted by Crippen LogP contribution is 2.60. The van der Waals surface area contributed by atoms with Crippen LogP contribution in [-0.2, 0) is 6.54 Å². The van der Waals surface area contributed by atoms with E-state index in [1.54, 1.807) is 18.0 Å². The van der Waals surface area contributed by atoms with E-state index in [2.05, 4.69) is 50.4 Å². The maximum Gasteiger partial charge on any atom is 0.224 e. The third-order valence-corrected chi connectivity index (χ3v) is 9.46. The molecule has 0 radical (unpaired) electrons. The summed E-state index contributed by atoms with van der Waals surface area (Å²) in [6, 6.07) is 11.0. The lowest BCUT2D eigenvalue weighted by atomic mass is 9.48. The SMILES string of the molecule is CSc1ccccc1CNc1ncc(C#N)c(NC[C@]23CC4C[C@H](C2)[C@@H](NCC(O)CCO)[C@@H](C4)C3)n1. The molecule has 6 rings (SSSR count). The van der Waals surface area contributed by atoms with Gasteiger partial charge in [0, 0.05) is 37.2 Å². The van der Waals surface area contributed by atoms with Crippen LogP contribution >= 0.6 is 11.8 Å². The van der Waals surface area contributed by atoms with Gasteiger partial charge in [-0.05, 0) is 79.6 Å². The molecule has 8 nitrogen and oxygen atoms in total. The summed E-state index contributed by atoms with van der Waals surface area (Å²) >= 11 is 1.72. The van der Waals surface area contributed by atoms with Crippen molar-refractivity contribution >= 4 is 23.5 Å². The first-order chi connectivity index (χ1) is 18.0. The molecule has 1 heterocycles. The first-order valence-corrected chi connectivity index (χ1v) is 14.6. The van der Waals surface area contributed by atoms with Gasteiger partial charge in [0.15, 0.2) is 0 Å². The average molecular weight is 523 g/mol. The van der Waals surface area contributed by atoms with E-state index in [0.717, 1.165) is 25.3 Å².